The number of amides is 2. The monoisotopic (exact) mass is 312 g/mol. The molecule has 0 saturated heterocycles. The number of carbonyl (C=O) groups is 2. The molecule has 2 N–H and O–H groups in total. The predicted octanol–water partition coefficient (Wildman–Crippen LogP) is 2.74. The van der Waals surface area contributed by atoms with E-state index < -0.39 is 0 Å². The van der Waals surface area contributed by atoms with Crippen molar-refractivity contribution >= 4 is 33.4 Å². The second-order valence-electron chi connectivity index (χ2n) is 4.84. The maximum Gasteiger partial charge on any atom is 0.247 e. The van der Waals surface area contributed by atoms with E-state index in [9.17, 15) is 9.59 Å². The molecule has 2 aliphatic carbocycles. The third-order valence-corrected chi connectivity index (χ3v) is 6.42. The highest BCUT2D eigenvalue weighted by Gasteiger charge is 2.24. The molecule has 0 aromatic rings. The Labute approximate surface area is 127 Å². The Hall–Kier alpha value is -0.880. The van der Waals surface area contributed by atoms with Crippen LogP contribution in [0.4, 0.5) is 0 Å². The first-order valence-electron chi connectivity index (χ1n) is 6.90. The maximum atomic E-state index is 11.8. The van der Waals surface area contributed by atoms with E-state index in [-0.39, 0.29) is 11.8 Å². The van der Waals surface area contributed by atoms with E-state index in [1.807, 2.05) is 0 Å². The lowest BCUT2D eigenvalue weighted by molar-refractivity contribution is -0.117. The summed E-state index contributed by atoms with van der Waals surface area (Å²) in [7, 11) is 6.67. The second kappa shape index (κ2) is 7.22. The molecule has 0 heterocycles. The zero-order valence-corrected chi connectivity index (χ0v) is 13.5. The van der Waals surface area contributed by atoms with Crippen LogP contribution in [-0.4, -0.2) is 25.9 Å². The number of hydrogen-bond donors (Lipinski definition) is 2. The van der Waals surface area contributed by atoms with Crippen molar-refractivity contribution in [2.45, 2.75) is 38.5 Å². The van der Waals surface area contributed by atoms with Crippen molar-refractivity contribution in [2.24, 2.45) is 0 Å². The molecule has 6 heteroatoms. The fourth-order valence-electron chi connectivity index (χ4n) is 2.50. The fraction of sp³-hybridized carbons (Fsp3) is 0.571. The molecule has 0 aromatic carbocycles. The molecule has 0 spiro atoms. The molecule has 2 amide bonds. The van der Waals surface area contributed by atoms with Crippen molar-refractivity contribution in [2.75, 3.05) is 14.1 Å². The zero-order valence-electron chi connectivity index (χ0n) is 11.9. The average molecular weight is 312 g/mol. The molecule has 4 nitrogen and oxygen atoms in total. The van der Waals surface area contributed by atoms with Crippen molar-refractivity contribution in [3.8, 4) is 0 Å². The van der Waals surface area contributed by atoms with Gasteiger partial charge in [-0.15, -0.1) is 0 Å². The molecule has 0 aliphatic heterocycles. The fourth-order valence-corrected chi connectivity index (χ4v) is 5.45. The largest absolute Gasteiger partial charge is 0.355 e. The van der Waals surface area contributed by atoms with Crippen molar-refractivity contribution in [1.29, 1.82) is 0 Å². The molecule has 2 aliphatic rings. The topological polar surface area (TPSA) is 58.2 Å². The Balaban J connectivity index is 2.04. The summed E-state index contributed by atoms with van der Waals surface area (Å²) in [4.78, 5) is 25.9. The summed E-state index contributed by atoms with van der Waals surface area (Å²) in [5, 5.41) is 5.41. The normalized spacial score (nSPS) is 18.7. The van der Waals surface area contributed by atoms with Gasteiger partial charge in [-0.3, -0.25) is 9.59 Å². The lowest BCUT2D eigenvalue weighted by atomic mass is 10.2. The number of likely N-dealkylation sites (N-methyl/N-ethyl adjacent to an activating group) is 2. The van der Waals surface area contributed by atoms with Gasteiger partial charge in [0.15, 0.2) is 0 Å². The van der Waals surface area contributed by atoms with Gasteiger partial charge in [0, 0.05) is 35.1 Å². The van der Waals surface area contributed by atoms with Crippen LogP contribution in [0.5, 0.6) is 0 Å². The minimum Gasteiger partial charge on any atom is -0.355 e. The van der Waals surface area contributed by atoms with Crippen LogP contribution in [-0.2, 0) is 9.59 Å². The second-order valence-corrected chi connectivity index (χ2v) is 7.15. The molecule has 0 aromatic heterocycles. The summed E-state index contributed by atoms with van der Waals surface area (Å²) < 4.78 is 0. The Bertz CT molecular complexity index is 440. The van der Waals surface area contributed by atoms with Gasteiger partial charge in [-0.2, -0.15) is 0 Å². The van der Waals surface area contributed by atoms with Crippen LogP contribution in [0, 0.1) is 0 Å². The predicted molar refractivity (Wildman–Crippen MR) is 85.1 cm³/mol. The minimum atomic E-state index is 0.0394. The third-order valence-electron chi connectivity index (χ3n) is 3.58. The van der Waals surface area contributed by atoms with Crippen molar-refractivity contribution in [3.63, 3.8) is 0 Å². The van der Waals surface area contributed by atoms with Crippen LogP contribution < -0.4 is 10.6 Å². The number of allylic oxidation sites excluding steroid dienone is 2. The highest BCUT2D eigenvalue weighted by molar-refractivity contribution is 8.79. The minimum absolute atomic E-state index is 0.0394. The van der Waals surface area contributed by atoms with Crippen LogP contribution in [0.3, 0.4) is 0 Å². The first kappa shape index (κ1) is 15.5. The van der Waals surface area contributed by atoms with E-state index in [4.69, 9.17) is 0 Å². The molecule has 2 rings (SSSR count). The summed E-state index contributed by atoms with van der Waals surface area (Å²) in [5.74, 6) is 0.0788. The Morgan fingerprint density at radius 2 is 1.20 bits per heavy atom. The smallest absolute Gasteiger partial charge is 0.247 e. The molecule has 0 fully saturated rings. The molecule has 0 radical (unpaired) electrons. The van der Waals surface area contributed by atoms with Crippen LogP contribution in [0.15, 0.2) is 21.0 Å². The SMILES string of the molecule is CNC(=O)C1=C(SSC2=C(C(=O)NC)CCC2)CCC1. The summed E-state index contributed by atoms with van der Waals surface area (Å²) in [6, 6.07) is 0. The summed E-state index contributed by atoms with van der Waals surface area (Å²) >= 11 is 0. The van der Waals surface area contributed by atoms with Crippen LogP contribution in [0.1, 0.15) is 38.5 Å². The molecular weight excluding hydrogens is 292 g/mol. The standard InChI is InChI=1S/C14H20N2O2S2/c1-15-13(17)9-5-3-7-11(9)19-20-12-8-4-6-10(12)14(18)16-2/h3-8H2,1-2H3,(H,15,17)(H,16,18). The van der Waals surface area contributed by atoms with Gasteiger partial charge < -0.3 is 10.6 Å². The molecule has 0 atom stereocenters. The lowest BCUT2D eigenvalue weighted by Crippen LogP contribution is -2.19. The van der Waals surface area contributed by atoms with E-state index >= 15 is 0 Å². The summed E-state index contributed by atoms with van der Waals surface area (Å²) in [6.45, 7) is 0. The maximum absolute atomic E-state index is 11.8. The first-order valence-corrected chi connectivity index (χ1v) is 9.05. The third kappa shape index (κ3) is 3.41. The quantitative estimate of drug-likeness (QED) is 0.766. The molecule has 110 valence electrons. The van der Waals surface area contributed by atoms with E-state index in [2.05, 4.69) is 10.6 Å². The van der Waals surface area contributed by atoms with Gasteiger partial charge in [-0.05, 0) is 38.5 Å². The number of rotatable bonds is 5. The van der Waals surface area contributed by atoms with E-state index in [1.165, 1.54) is 9.81 Å². The highest BCUT2D eigenvalue weighted by Crippen LogP contribution is 2.48. The summed E-state index contributed by atoms with van der Waals surface area (Å²) in [5.41, 5.74) is 1.84. The van der Waals surface area contributed by atoms with Crippen LogP contribution >= 0.6 is 21.6 Å². The van der Waals surface area contributed by atoms with Gasteiger partial charge in [0.1, 0.15) is 0 Å². The molecule has 20 heavy (non-hydrogen) atoms. The summed E-state index contributed by atoms with van der Waals surface area (Å²) in [6.07, 6.45) is 5.78. The van der Waals surface area contributed by atoms with Crippen LogP contribution in [0.2, 0.25) is 0 Å². The highest BCUT2D eigenvalue weighted by atomic mass is 33.1. The van der Waals surface area contributed by atoms with Gasteiger partial charge in [-0.1, -0.05) is 21.6 Å². The van der Waals surface area contributed by atoms with Crippen molar-refractivity contribution < 1.29 is 9.59 Å². The molecule has 0 saturated carbocycles. The van der Waals surface area contributed by atoms with Crippen LogP contribution in [0.25, 0.3) is 0 Å². The molecular formula is C14H20N2O2S2. The number of hydrogen-bond acceptors (Lipinski definition) is 4. The average Bonchev–Trinajstić information content (AvgIpc) is 3.11. The first-order chi connectivity index (χ1) is 9.67. The van der Waals surface area contributed by atoms with Gasteiger partial charge >= 0.3 is 0 Å². The molecule has 0 bridgehead atoms. The lowest BCUT2D eigenvalue weighted by Gasteiger charge is -2.08. The Morgan fingerprint density at radius 1 is 0.800 bits per heavy atom. The number of nitrogens with one attached hydrogen (secondary N) is 2. The van der Waals surface area contributed by atoms with Gasteiger partial charge in [0.2, 0.25) is 11.8 Å². The zero-order chi connectivity index (χ0) is 14.5. The molecule has 0 unspecified atom stereocenters. The van der Waals surface area contributed by atoms with Gasteiger partial charge in [0.05, 0.1) is 0 Å². The Kier molecular flexibility index (Phi) is 5.60. The Morgan fingerprint density at radius 3 is 1.55 bits per heavy atom. The van der Waals surface area contributed by atoms with Gasteiger partial charge in [0.25, 0.3) is 0 Å². The van der Waals surface area contributed by atoms with E-state index in [1.54, 1.807) is 35.7 Å². The van der Waals surface area contributed by atoms with E-state index in [0.29, 0.717) is 0 Å². The van der Waals surface area contributed by atoms with Gasteiger partial charge in [-0.25, -0.2) is 0 Å². The van der Waals surface area contributed by atoms with E-state index in [0.717, 1.165) is 49.7 Å². The van der Waals surface area contributed by atoms with Crippen molar-refractivity contribution in [1.82, 2.24) is 10.6 Å². The number of carbonyl (C=O) groups excluding carboxylic acids is 2. The van der Waals surface area contributed by atoms with Crippen molar-refractivity contribution in [3.05, 3.63) is 21.0 Å².